The molecule has 1 heterocycles. The highest BCUT2D eigenvalue weighted by atomic mass is 32.2. The summed E-state index contributed by atoms with van der Waals surface area (Å²) in [5.74, 6) is 0.278. The number of hydrogen-bond donors (Lipinski definition) is 0. The van der Waals surface area contributed by atoms with E-state index in [0.29, 0.717) is 5.56 Å². The van der Waals surface area contributed by atoms with Gasteiger partial charge in [0.1, 0.15) is 10.9 Å². The number of benzene rings is 3. The molecule has 0 atom stereocenters. The van der Waals surface area contributed by atoms with Gasteiger partial charge in [0, 0.05) is 10.5 Å². The summed E-state index contributed by atoms with van der Waals surface area (Å²) in [5, 5.41) is 0.0626. The number of para-hydroxylation sites is 1. The van der Waals surface area contributed by atoms with Gasteiger partial charge >= 0.3 is 6.18 Å². The third kappa shape index (κ3) is 4.26. The molecule has 4 rings (SSSR count). The Morgan fingerprint density at radius 3 is 1.97 bits per heavy atom. The van der Waals surface area contributed by atoms with E-state index in [0.717, 1.165) is 39.0 Å². The average molecular weight is 439 g/mol. The van der Waals surface area contributed by atoms with Gasteiger partial charge in [-0.3, -0.25) is 4.57 Å². The van der Waals surface area contributed by atoms with E-state index in [1.807, 2.05) is 69.3 Å². The van der Waals surface area contributed by atoms with Crippen molar-refractivity contribution in [1.29, 1.82) is 0 Å². The summed E-state index contributed by atoms with van der Waals surface area (Å²) < 4.78 is 44.1. The summed E-state index contributed by atoms with van der Waals surface area (Å²) in [6, 6.07) is 22.2. The van der Waals surface area contributed by atoms with Crippen LogP contribution in [0.3, 0.4) is 0 Å². The molecule has 0 fully saturated rings. The Kier molecular flexibility index (Phi) is 5.67. The number of rotatable bonds is 4. The van der Waals surface area contributed by atoms with E-state index in [1.54, 1.807) is 28.8 Å². The van der Waals surface area contributed by atoms with E-state index < -0.39 is 11.9 Å². The highest BCUT2D eigenvalue weighted by Gasteiger charge is 2.40. The van der Waals surface area contributed by atoms with Gasteiger partial charge in [0.15, 0.2) is 5.69 Å². The zero-order chi connectivity index (χ0) is 22.2. The Hall–Kier alpha value is -2.99. The van der Waals surface area contributed by atoms with E-state index in [-0.39, 0.29) is 10.9 Å². The van der Waals surface area contributed by atoms with Crippen LogP contribution in [0.1, 0.15) is 22.4 Å². The van der Waals surface area contributed by atoms with E-state index in [4.69, 9.17) is 0 Å². The van der Waals surface area contributed by atoms with Crippen LogP contribution >= 0.6 is 11.8 Å². The summed E-state index contributed by atoms with van der Waals surface area (Å²) in [4.78, 5) is 4.87. The minimum absolute atomic E-state index is 0.0626. The topological polar surface area (TPSA) is 17.8 Å². The van der Waals surface area contributed by atoms with Gasteiger partial charge in [0.25, 0.3) is 0 Å². The van der Waals surface area contributed by atoms with Crippen molar-refractivity contribution < 1.29 is 13.2 Å². The van der Waals surface area contributed by atoms with Gasteiger partial charge in [0.05, 0.1) is 5.69 Å². The Bertz CT molecular complexity index is 1190. The third-order valence-corrected chi connectivity index (χ3v) is 6.11. The first kappa shape index (κ1) is 21.2. The van der Waals surface area contributed by atoms with Crippen molar-refractivity contribution in [2.24, 2.45) is 0 Å². The smallest absolute Gasteiger partial charge is 0.286 e. The minimum atomic E-state index is -4.58. The monoisotopic (exact) mass is 438 g/mol. The number of hydrogen-bond acceptors (Lipinski definition) is 2. The van der Waals surface area contributed by atoms with Gasteiger partial charge in [-0.15, -0.1) is 0 Å². The maximum absolute atomic E-state index is 14.2. The Labute approximate surface area is 183 Å². The first-order valence-electron chi connectivity index (χ1n) is 9.82. The molecule has 0 aliphatic heterocycles. The van der Waals surface area contributed by atoms with Crippen LogP contribution < -0.4 is 0 Å². The molecule has 6 heteroatoms. The molecule has 0 unspecified atom stereocenters. The Morgan fingerprint density at radius 1 is 0.774 bits per heavy atom. The molecule has 0 radical (unpaired) electrons. The van der Waals surface area contributed by atoms with Crippen LogP contribution in [0.4, 0.5) is 13.2 Å². The summed E-state index contributed by atoms with van der Waals surface area (Å²) in [5.41, 5.74) is 3.29. The lowest BCUT2D eigenvalue weighted by Gasteiger charge is -2.18. The number of alkyl halides is 3. The lowest BCUT2D eigenvalue weighted by Crippen LogP contribution is -2.09. The fourth-order valence-electron chi connectivity index (χ4n) is 3.55. The molecule has 0 spiro atoms. The molecule has 0 saturated carbocycles. The standard InChI is InChI=1S/C25H21F3N2S/c1-16-12-14-20(15-13-16)31-24-22(25(26,27)28)29-23(19-10-5-4-6-11-19)30(24)21-17(2)8-7-9-18(21)3/h4-15H,1-3H3. The van der Waals surface area contributed by atoms with Crippen LogP contribution in [0.5, 0.6) is 0 Å². The van der Waals surface area contributed by atoms with Crippen LogP contribution in [-0.4, -0.2) is 9.55 Å². The number of nitrogens with zero attached hydrogens (tertiary/aromatic N) is 2. The van der Waals surface area contributed by atoms with Gasteiger partial charge in [-0.25, -0.2) is 4.98 Å². The molecule has 0 aliphatic carbocycles. The summed E-state index contributed by atoms with van der Waals surface area (Å²) in [7, 11) is 0. The summed E-state index contributed by atoms with van der Waals surface area (Å²) in [6.07, 6.45) is -4.58. The second-order valence-corrected chi connectivity index (χ2v) is 8.51. The minimum Gasteiger partial charge on any atom is -0.286 e. The van der Waals surface area contributed by atoms with Crippen LogP contribution in [0, 0.1) is 20.8 Å². The fourth-order valence-corrected chi connectivity index (χ4v) is 4.57. The van der Waals surface area contributed by atoms with Crippen molar-refractivity contribution in [2.45, 2.75) is 36.9 Å². The number of aromatic nitrogens is 2. The van der Waals surface area contributed by atoms with E-state index in [1.165, 1.54) is 0 Å². The average Bonchev–Trinajstić information content (AvgIpc) is 3.10. The second-order valence-electron chi connectivity index (χ2n) is 7.44. The van der Waals surface area contributed by atoms with Crippen molar-refractivity contribution in [3.05, 3.63) is 95.2 Å². The van der Waals surface area contributed by atoms with Gasteiger partial charge in [-0.2, -0.15) is 13.2 Å². The second kappa shape index (κ2) is 8.27. The molecular weight excluding hydrogens is 417 g/mol. The molecule has 1 aromatic heterocycles. The maximum atomic E-state index is 14.2. The van der Waals surface area contributed by atoms with Gasteiger partial charge < -0.3 is 0 Å². The molecule has 0 N–H and O–H groups in total. The molecule has 0 aliphatic rings. The van der Waals surface area contributed by atoms with Gasteiger partial charge in [-0.05, 0) is 44.0 Å². The quantitative estimate of drug-likeness (QED) is 0.326. The largest absolute Gasteiger partial charge is 0.436 e. The molecule has 2 nitrogen and oxygen atoms in total. The fraction of sp³-hybridized carbons (Fsp3) is 0.160. The molecule has 0 bridgehead atoms. The normalized spacial score (nSPS) is 11.7. The predicted molar refractivity (Wildman–Crippen MR) is 119 cm³/mol. The molecule has 31 heavy (non-hydrogen) atoms. The first-order chi connectivity index (χ1) is 14.8. The van der Waals surface area contributed by atoms with Crippen molar-refractivity contribution in [1.82, 2.24) is 9.55 Å². The molecule has 0 amide bonds. The number of halogens is 3. The predicted octanol–water partition coefficient (Wildman–Crippen LogP) is 7.63. The highest BCUT2D eigenvalue weighted by Crippen LogP contribution is 2.44. The van der Waals surface area contributed by atoms with Crippen molar-refractivity contribution in [3.63, 3.8) is 0 Å². The Morgan fingerprint density at radius 2 is 1.39 bits per heavy atom. The summed E-state index contributed by atoms with van der Waals surface area (Å²) >= 11 is 1.08. The molecule has 0 saturated heterocycles. The molecule has 4 aromatic rings. The van der Waals surface area contributed by atoms with Crippen molar-refractivity contribution in [2.75, 3.05) is 0 Å². The number of imidazole rings is 1. The Balaban J connectivity index is 2.05. The van der Waals surface area contributed by atoms with E-state index in [2.05, 4.69) is 4.98 Å². The first-order valence-corrected chi connectivity index (χ1v) is 10.6. The van der Waals surface area contributed by atoms with E-state index >= 15 is 0 Å². The van der Waals surface area contributed by atoms with Crippen molar-refractivity contribution in [3.8, 4) is 17.1 Å². The van der Waals surface area contributed by atoms with Crippen LogP contribution in [-0.2, 0) is 6.18 Å². The van der Waals surface area contributed by atoms with Crippen LogP contribution in [0.15, 0.2) is 82.7 Å². The SMILES string of the molecule is Cc1ccc(Sc2c(C(F)(F)F)nc(-c3ccccc3)n2-c2c(C)cccc2C)cc1. The van der Waals surface area contributed by atoms with Gasteiger partial charge in [0.2, 0.25) is 0 Å². The molecular formula is C25H21F3N2S. The lowest BCUT2D eigenvalue weighted by atomic mass is 10.1. The zero-order valence-electron chi connectivity index (χ0n) is 17.4. The van der Waals surface area contributed by atoms with Gasteiger partial charge in [-0.1, -0.05) is 78.0 Å². The summed E-state index contributed by atoms with van der Waals surface area (Å²) in [6.45, 7) is 5.76. The van der Waals surface area contributed by atoms with Crippen LogP contribution in [0.2, 0.25) is 0 Å². The van der Waals surface area contributed by atoms with Crippen LogP contribution in [0.25, 0.3) is 17.1 Å². The van der Waals surface area contributed by atoms with E-state index in [9.17, 15) is 13.2 Å². The van der Waals surface area contributed by atoms with Crippen molar-refractivity contribution >= 4 is 11.8 Å². The molecule has 158 valence electrons. The zero-order valence-corrected chi connectivity index (χ0v) is 18.2. The third-order valence-electron chi connectivity index (χ3n) is 5.03. The molecule has 3 aromatic carbocycles. The number of aryl methyl sites for hydroxylation is 3. The lowest BCUT2D eigenvalue weighted by molar-refractivity contribution is -0.143. The maximum Gasteiger partial charge on any atom is 0.436 e. The highest BCUT2D eigenvalue weighted by molar-refractivity contribution is 7.99.